The Labute approximate surface area is 150 Å². The third-order valence-electron chi connectivity index (χ3n) is 3.47. The van der Waals surface area contributed by atoms with Crippen LogP contribution in [0.4, 0.5) is 10.5 Å². The highest BCUT2D eigenvalue weighted by Crippen LogP contribution is 2.40. The van der Waals surface area contributed by atoms with Crippen molar-refractivity contribution >= 4 is 40.6 Å². The number of thioether (sulfide) groups is 1. The molecule has 0 atom stereocenters. The summed E-state index contributed by atoms with van der Waals surface area (Å²) in [6.07, 6.45) is 1.22. The first-order valence-electron chi connectivity index (χ1n) is 7.39. The average molecular weight is 380 g/mol. The Hall–Kier alpha value is -3.08. The van der Waals surface area contributed by atoms with Crippen molar-refractivity contribution in [1.82, 2.24) is 4.90 Å². The summed E-state index contributed by atoms with van der Waals surface area (Å²) in [6.45, 7) is 1.14. The van der Waals surface area contributed by atoms with Gasteiger partial charge in [0.25, 0.3) is 16.8 Å². The van der Waals surface area contributed by atoms with Gasteiger partial charge in [-0.2, -0.15) is 0 Å². The number of carbonyl (C=O) groups excluding carboxylic acids is 3. The average Bonchev–Trinajstić information content (AvgIpc) is 3.14. The van der Waals surface area contributed by atoms with Gasteiger partial charge in [0.2, 0.25) is 6.79 Å². The normalized spacial score (nSPS) is 17.1. The topological polar surface area (TPSA) is 125 Å². The monoisotopic (exact) mass is 380 g/mol. The highest BCUT2D eigenvalue weighted by molar-refractivity contribution is 8.18. The van der Waals surface area contributed by atoms with Gasteiger partial charge < -0.3 is 14.2 Å². The van der Waals surface area contributed by atoms with Gasteiger partial charge in [-0.3, -0.25) is 29.4 Å². The summed E-state index contributed by atoms with van der Waals surface area (Å²) in [5.41, 5.74) is -0.215. The van der Waals surface area contributed by atoms with Crippen LogP contribution in [0.2, 0.25) is 0 Å². The molecule has 0 spiro atoms. The molecule has 1 saturated heterocycles. The summed E-state index contributed by atoms with van der Waals surface area (Å²) >= 11 is 0.586. The molecule has 1 fully saturated rings. The lowest BCUT2D eigenvalue weighted by Gasteiger charge is -2.10. The van der Waals surface area contributed by atoms with E-state index in [4.69, 9.17) is 14.2 Å². The minimum atomic E-state index is -0.722. The van der Waals surface area contributed by atoms with Crippen molar-refractivity contribution in [1.29, 1.82) is 0 Å². The first kappa shape index (κ1) is 17.7. The lowest BCUT2D eigenvalue weighted by molar-refractivity contribution is -0.385. The first-order valence-corrected chi connectivity index (χ1v) is 8.21. The van der Waals surface area contributed by atoms with E-state index < -0.39 is 28.6 Å². The maximum absolute atomic E-state index is 12.4. The third-order valence-corrected chi connectivity index (χ3v) is 4.38. The summed E-state index contributed by atoms with van der Waals surface area (Å²) in [5.74, 6) is -0.915. The van der Waals surface area contributed by atoms with Crippen molar-refractivity contribution in [2.24, 2.45) is 0 Å². The van der Waals surface area contributed by atoms with Gasteiger partial charge in [-0.25, -0.2) is 0 Å². The maximum Gasteiger partial charge on any atom is 0.326 e. The smallest absolute Gasteiger partial charge is 0.326 e. The summed E-state index contributed by atoms with van der Waals surface area (Å²) < 4.78 is 15.0. The second-order valence-corrected chi connectivity index (χ2v) is 6.09. The number of imide groups is 1. The van der Waals surface area contributed by atoms with Crippen LogP contribution in [0, 0.1) is 10.1 Å². The van der Waals surface area contributed by atoms with Gasteiger partial charge in [0.1, 0.15) is 6.54 Å². The fourth-order valence-electron chi connectivity index (χ4n) is 2.33. The van der Waals surface area contributed by atoms with Crippen LogP contribution in [0.5, 0.6) is 11.5 Å². The van der Waals surface area contributed by atoms with Crippen molar-refractivity contribution in [2.75, 3.05) is 19.9 Å². The van der Waals surface area contributed by atoms with Crippen LogP contribution in [0.3, 0.4) is 0 Å². The largest absolute Gasteiger partial charge is 0.465 e. The molecule has 2 aliphatic rings. The Morgan fingerprint density at radius 3 is 2.73 bits per heavy atom. The molecule has 1 aromatic carbocycles. The molecule has 136 valence electrons. The van der Waals surface area contributed by atoms with E-state index in [2.05, 4.69) is 0 Å². The molecule has 11 heteroatoms. The van der Waals surface area contributed by atoms with Gasteiger partial charge in [-0.1, -0.05) is 0 Å². The van der Waals surface area contributed by atoms with Gasteiger partial charge >= 0.3 is 5.97 Å². The van der Waals surface area contributed by atoms with Gasteiger partial charge in [0.15, 0.2) is 11.5 Å². The Bertz CT molecular complexity index is 850. The van der Waals surface area contributed by atoms with Crippen molar-refractivity contribution in [3.8, 4) is 11.5 Å². The van der Waals surface area contributed by atoms with E-state index in [9.17, 15) is 24.5 Å². The molecular formula is C15H12N2O8S. The van der Waals surface area contributed by atoms with Crippen molar-refractivity contribution in [3.05, 3.63) is 32.7 Å². The third kappa shape index (κ3) is 3.33. The van der Waals surface area contributed by atoms with Crippen LogP contribution < -0.4 is 9.47 Å². The van der Waals surface area contributed by atoms with Crippen LogP contribution in [-0.4, -0.2) is 46.9 Å². The Morgan fingerprint density at radius 1 is 1.38 bits per heavy atom. The number of nitrogens with zero attached hydrogens (tertiary/aromatic N) is 2. The Morgan fingerprint density at radius 2 is 2.08 bits per heavy atom. The molecule has 0 unspecified atom stereocenters. The minimum Gasteiger partial charge on any atom is -0.465 e. The number of fused-ring (bicyclic) bond motifs is 1. The second kappa shape index (κ2) is 7.04. The second-order valence-electron chi connectivity index (χ2n) is 5.09. The number of hydrogen-bond acceptors (Lipinski definition) is 9. The highest BCUT2D eigenvalue weighted by Gasteiger charge is 2.37. The van der Waals surface area contributed by atoms with E-state index in [1.807, 2.05) is 0 Å². The number of benzene rings is 1. The summed E-state index contributed by atoms with van der Waals surface area (Å²) in [5, 5.41) is 10.6. The van der Waals surface area contributed by atoms with Gasteiger partial charge in [0, 0.05) is 0 Å². The SMILES string of the molecule is CCOC(=O)CN1C(=O)S/C(=C\c2cc3c(cc2[N+](=O)[O-])OCO3)C1=O. The van der Waals surface area contributed by atoms with E-state index in [0.717, 1.165) is 4.90 Å². The number of nitro benzene ring substituents is 1. The van der Waals surface area contributed by atoms with Crippen LogP contribution in [0.25, 0.3) is 6.08 Å². The minimum absolute atomic E-state index is 0.0405. The zero-order valence-corrected chi connectivity index (χ0v) is 14.2. The molecular weight excluding hydrogens is 368 g/mol. The first-order chi connectivity index (χ1) is 12.4. The van der Waals surface area contributed by atoms with Gasteiger partial charge in [0.05, 0.1) is 28.1 Å². The molecule has 0 N–H and O–H groups in total. The fraction of sp³-hybridized carbons (Fsp3) is 0.267. The fourth-order valence-corrected chi connectivity index (χ4v) is 3.16. The van der Waals surface area contributed by atoms with Crippen LogP contribution in [-0.2, 0) is 14.3 Å². The van der Waals surface area contributed by atoms with Crippen molar-refractivity contribution < 1.29 is 33.5 Å². The molecule has 2 aliphatic heterocycles. The zero-order chi connectivity index (χ0) is 18.8. The Kier molecular flexibility index (Phi) is 4.80. The van der Waals surface area contributed by atoms with E-state index in [0.29, 0.717) is 17.5 Å². The highest BCUT2D eigenvalue weighted by atomic mass is 32.2. The van der Waals surface area contributed by atoms with Crippen molar-refractivity contribution in [3.63, 3.8) is 0 Å². The zero-order valence-electron chi connectivity index (χ0n) is 13.4. The van der Waals surface area contributed by atoms with E-state index in [1.165, 1.54) is 18.2 Å². The Balaban J connectivity index is 1.91. The van der Waals surface area contributed by atoms with Gasteiger partial charge in [-0.15, -0.1) is 0 Å². The van der Waals surface area contributed by atoms with E-state index in [1.54, 1.807) is 6.92 Å². The molecule has 26 heavy (non-hydrogen) atoms. The molecule has 0 saturated carbocycles. The number of carbonyl (C=O) groups is 3. The van der Waals surface area contributed by atoms with Gasteiger partial charge in [-0.05, 0) is 30.8 Å². The number of rotatable bonds is 5. The molecule has 2 amide bonds. The van der Waals surface area contributed by atoms with Crippen molar-refractivity contribution in [2.45, 2.75) is 6.92 Å². The van der Waals surface area contributed by atoms with Crippen LogP contribution in [0.15, 0.2) is 17.0 Å². The number of hydrogen-bond donors (Lipinski definition) is 0. The molecule has 0 bridgehead atoms. The number of amides is 2. The van der Waals surface area contributed by atoms with Crippen LogP contribution in [0.1, 0.15) is 12.5 Å². The number of esters is 1. The molecule has 1 aromatic rings. The summed E-state index contributed by atoms with van der Waals surface area (Å²) in [7, 11) is 0. The lowest BCUT2D eigenvalue weighted by atomic mass is 10.1. The summed E-state index contributed by atoms with van der Waals surface area (Å²) in [6, 6.07) is 2.55. The summed E-state index contributed by atoms with van der Waals surface area (Å²) in [4.78, 5) is 47.2. The standard InChI is InChI=1S/C15H12N2O8S/c1-2-23-13(18)6-16-14(19)12(26-15(16)20)4-8-3-10-11(25-7-24-10)5-9(8)17(21)22/h3-5H,2,6-7H2,1H3/b12-4-. The van der Waals surface area contributed by atoms with Crippen LogP contribution >= 0.6 is 11.8 Å². The maximum atomic E-state index is 12.4. The number of ether oxygens (including phenoxy) is 3. The van der Waals surface area contributed by atoms with E-state index in [-0.39, 0.29) is 35.3 Å². The number of nitro groups is 1. The molecule has 0 aliphatic carbocycles. The van der Waals surface area contributed by atoms with E-state index >= 15 is 0 Å². The quantitative estimate of drug-likeness (QED) is 0.326. The lowest BCUT2D eigenvalue weighted by Crippen LogP contribution is -2.34. The predicted octanol–water partition coefficient (Wildman–Crippen LogP) is 1.92. The molecule has 10 nitrogen and oxygen atoms in total. The molecule has 2 heterocycles. The molecule has 3 rings (SSSR count). The predicted molar refractivity (Wildman–Crippen MR) is 88.5 cm³/mol. The molecule has 0 radical (unpaired) electrons. The molecule has 0 aromatic heterocycles.